The number of sulfone groups is 1. The Labute approximate surface area is 149 Å². The Kier molecular flexibility index (Phi) is 6.21. The van der Waals surface area contributed by atoms with E-state index in [1.54, 1.807) is 30.3 Å². The summed E-state index contributed by atoms with van der Waals surface area (Å²) in [7, 11) is -3.97. The number of nitrogens with zero attached hydrogens (tertiary/aromatic N) is 2. The first-order valence-corrected chi connectivity index (χ1v) is 10.0. The van der Waals surface area contributed by atoms with Crippen molar-refractivity contribution >= 4 is 43.8 Å². The molecule has 8 nitrogen and oxygen atoms in total. The van der Waals surface area contributed by atoms with Crippen molar-refractivity contribution in [1.82, 2.24) is 10.2 Å². The fourth-order valence-electron chi connectivity index (χ4n) is 1.84. The predicted molar refractivity (Wildman–Crippen MR) is 96.2 cm³/mol. The molecule has 2 aromatic rings. The van der Waals surface area contributed by atoms with Crippen molar-refractivity contribution in [2.24, 2.45) is 0 Å². The molecular weight excluding hydrogens is 364 g/mol. The van der Waals surface area contributed by atoms with E-state index in [1.807, 2.05) is 6.92 Å². The van der Waals surface area contributed by atoms with Gasteiger partial charge >= 0.3 is 0 Å². The van der Waals surface area contributed by atoms with E-state index in [9.17, 15) is 18.0 Å². The van der Waals surface area contributed by atoms with Crippen LogP contribution in [0.1, 0.15) is 18.9 Å². The number of amides is 2. The maximum Gasteiger partial charge on any atom is 0.244 e. The molecule has 2 amide bonds. The molecule has 1 atom stereocenters. The van der Waals surface area contributed by atoms with E-state index >= 15 is 0 Å². The minimum absolute atomic E-state index is 0.234. The largest absolute Gasteiger partial charge is 0.325 e. The Morgan fingerprint density at radius 1 is 1.16 bits per heavy atom. The maximum atomic E-state index is 12.3. The number of carbonyl (C=O) groups excluding carboxylic acids is 2. The number of para-hydroxylation sites is 1. The Morgan fingerprint density at radius 2 is 1.84 bits per heavy atom. The highest BCUT2D eigenvalue weighted by atomic mass is 32.2. The van der Waals surface area contributed by atoms with Gasteiger partial charge in [-0.05, 0) is 25.5 Å². The van der Waals surface area contributed by atoms with Crippen LogP contribution < -0.4 is 10.6 Å². The summed E-state index contributed by atoms with van der Waals surface area (Å²) in [5, 5.41) is 12.1. The molecule has 0 radical (unpaired) electrons. The van der Waals surface area contributed by atoms with Crippen LogP contribution in [-0.2, 0) is 25.8 Å². The molecule has 10 heteroatoms. The first kappa shape index (κ1) is 19.0. The minimum Gasteiger partial charge on any atom is -0.325 e. The van der Waals surface area contributed by atoms with E-state index in [0.717, 1.165) is 5.01 Å². The van der Waals surface area contributed by atoms with E-state index in [2.05, 4.69) is 20.8 Å². The zero-order chi connectivity index (χ0) is 18.4. The van der Waals surface area contributed by atoms with Crippen molar-refractivity contribution in [1.29, 1.82) is 0 Å². The van der Waals surface area contributed by atoms with Gasteiger partial charge in [-0.3, -0.25) is 14.9 Å². The highest BCUT2D eigenvalue weighted by molar-refractivity contribution is 7.93. The first-order chi connectivity index (χ1) is 11.8. The Bertz CT molecular complexity index is 849. The molecule has 0 aliphatic rings. The quantitative estimate of drug-likeness (QED) is 0.749. The van der Waals surface area contributed by atoms with Gasteiger partial charge in [0.25, 0.3) is 0 Å². The van der Waals surface area contributed by atoms with Crippen LogP contribution in [0.15, 0.2) is 30.3 Å². The lowest BCUT2D eigenvalue weighted by molar-refractivity contribution is -0.115. The molecule has 1 aromatic heterocycles. The van der Waals surface area contributed by atoms with Gasteiger partial charge in [0.15, 0.2) is 9.84 Å². The van der Waals surface area contributed by atoms with Crippen LogP contribution >= 0.6 is 11.3 Å². The Hall–Kier alpha value is -2.33. The summed E-state index contributed by atoms with van der Waals surface area (Å²) >= 11 is 1.18. The normalized spacial score (nSPS) is 12.4. The maximum absolute atomic E-state index is 12.3. The standard InChI is InChI=1S/C15H18N4O4S2/c1-3-13-18-19-15(24-13)17-14(21)10(2)25(22,23)9-12(20)16-11-7-5-4-6-8-11/h4-8,10H,3,9H2,1-2H3,(H,16,20)(H,17,19,21). The smallest absolute Gasteiger partial charge is 0.244 e. The fraction of sp³-hybridized carbons (Fsp3) is 0.333. The molecular formula is C15H18N4O4S2. The van der Waals surface area contributed by atoms with Gasteiger partial charge in [-0.1, -0.05) is 36.5 Å². The van der Waals surface area contributed by atoms with E-state index < -0.39 is 32.7 Å². The second-order valence-electron chi connectivity index (χ2n) is 5.21. The number of benzene rings is 1. The van der Waals surface area contributed by atoms with Gasteiger partial charge in [0.05, 0.1) is 0 Å². The molecule has 2 N–H and O–H groups in total. The van der Waals surface area contributed by atoms with Crippen molar-refractivity contribution in [2.75, 3.05) is 16.4 Å². The summed E-state index contributed by atoms with van der Waals surface area (Å²) in [6.07, 6.45) is 0.668. The second-order valence-corrected chi connectivity index (χ2v) is 8.59. The summed E-state index contributed by atoms with van der Waals surface area (Å²) in [5.74, 6) is -2.23. The van der Waals surface area contributed by atoms with Gasteiger partial charge in [-0.2, -0.15) is 0 Å². The van der Waals surface area contributed by atoms with Gasteiger partial charge in [-0.25, -0.2) is 8.42 Å². The van der Waals surface area contributed by atoms with Gasteiger partial charge < -0.3 is 5.32 Å². The number of nitrogens with one attached hydrogen (secondary N) is 2. The number of rotatable bonds is 7. The second kappa shape index (κ2) is 8.17. The molecule has 134 valence electrons. The molecule has 0 aliphatic carbocycles. The highest BCUT2D eigenvalue weighted by Crippen LogP contribution is 2.16. The molecule has 25 heavy (non-hydrogen) atoms. The van der Waals surface area contributed by atoms with Crippen LogP contribution in [0.2, 0.25) is 0 Å². The zero-order valence-corrected chi connectivity index (χ0v) is 15.4. The van der Waals surface area contributed by atoms with Crippen LogP contribution in [0.5, 0.6) is 0 Å². The fourth-order valence-corrected chi connectivity index (χ4v) is 3.60. The van der Waals surface area contributed by atoms with Gasteiger partial charge in [0, 0.05) is 5.69 Å². The van der Waals surface area contributed by atoms with Gasteiger partial charge in [-0.15, -0.1) is 10.2 Å². The van der Waals surface area contributed by atoms with Crippen LogP contribution in [0.4, 0.5) is 10.8 Å². The summed E-state index contributed by atoms with van der Waals surface area (Å²) < 4.78 is 24.5. The van der Waals surface area contributed by atoms with Crippen molar-refractivity contribution in [3.05, 3.63) is 35.3 Å². The molecule has 0 saturated carbocycles. The molecule has 0 aliphatic heterocycles. The molecule has 0 spiro atoms. The van der Waals surface area contributed by atoms with Crippen LogP contribution in [0.3, 0.4) is 0 Å². The number of hydrogen-bond donors (Lipinski definition) is 2. The number of anilines is 2. The van der Waals surface area contributed by atoms with E-state index in [1.165, 1.54) is 18.3 Å². The zero-order valence-electron chi connectivity index (χ0n) is 13.7. The Balaban J connectivity index is 1.97. The molecule has 1 unspecified atom stereocenters. The lowest BCUT2D eigenvalue weighted by Gasteiger charge is -2.12. The third-order valence-corrected chi connectivity index (χ3v) is 6.24. The van der Waals surface area contributed by atoms with Gasteiger partial charge in [0.2, 0.25) is 16.9 Å². The molecule has 0 saturated heterocycles. The summed E-state index contributed by atoms with van der Waals surface area (Å²) in [4.78, 5) is 24.0. The van der Waals surface area contributed by atoms with Crippen LogP contribution in [0.25, 0.3) is 0 Å². The molecule has 1 aromatic carbocycles. The first-order valence-electron chi connectivity index (χ1n) is 7.51. The number of carbonyl (C=O) groups is 2. The third kappa shape index (κ3) is 5.33. The monoisotopic (exact) mass is 382 g/mol. The number of aryl methyl sites for hydroxylation is 1. The average molecular weight is 382 g/mol. The third-order valence-electron chi connectivity index (χ3n) is 3.30. The lowest BCUT2D eigenvalue weighted by atomic mass is 10.3. The lowest BCUT2D eigenvalue weighted by Crippen LogP contribution is -2.37. The molecule has 0 fully saturated rings. The van der Waals surface area contributed by atoms with E-state index in [0.29, 0.717) is 12.1 Å². The topological polar surface area (TPSA) is 118 Å². The van der Waals surface area contributed by atoms with E-state index in [4.69, 9.17) is 0 Å². The Morgan fingerprint density at radius 3 is 2.44 bits per heavy atom. The van der Waals surface area contributed by atoms with Crippen LogP contribution in [-0.4, -0.2) is 41.4 Å². The van der Waals surface area contributed by atoms with Gasteiger partial charge in [0.1, 0.15) is 16.0 Å². The number of hydrogen-bond acceptors (Lipinski definition) is 7. The minimum atomic E-state index is -3.97. The summed E-state index contributed by atoms with van der Waals surface area (Å²) in [5.41, 5.74) is 0.487. The van der Waals surface area contributed by atoms with Crippen molar-refractivity contribution < 1.29 is 18.0 Å². The predicted octanol–water partition coefficient (Wildman–Crippen LogP) is 1.48. The summed E-state index contributed by atoms with van der Waals surface area (Å²) in [6, 6.07) is 8.48. The van der Waals surface area contributed by atoms with E-state index in [-0.39, 0.29) is 5.13 Å². The number of aromatic nitrogens is 2. The summed E-state index contributed by atoms with van der Waals surface area (Å²) in [6.45, 7) is 3.13. The highest BCUT2D eigenvalue weighted by Gasteiger charge is 2.31. The molecule has 1 heterocycles. The van der Waals surface area contributed by atoms with Crippen molar-refractivity contribution in [2.45, 2.75) is 25.5 Å². The molecule has 2 rings (SSSR count). The average Bonchev–Trinajstić information content (AvgIpc) is 3.02. The van der Waals surface area contributed by atoms with Crippen LogP contribution in [0, 0.1) is 0 Å². The van der Waals surface area contributed by atoms with Crippen molar-refractivity contribution in [3.63, 3.8) is 0 Å². The SMILES string of the molecule is CCc1nnc(NC(=O)C(C)S(=O)(=O)CC(=O)Nc2ccccc2)s1. The molecule has 0 bridgehead atoms. The van der Waals surface area contributed by atoms with Crippen molar-refractivity contribution in [3.8, 4) is 0 Å².